The Morgan fingerprint density at radius 1 is 1.63 bits per heavy atom. The molecule has 1 aromatic heterocycles. The summed E-state index contributed by atoms with van der Waals surface area (Å²) in [4.78, 5) is 6.95. The van der Waals surface area contributed by atoms with E-state index in [9.17, 15) is 0 Å². The number of hydrogen-bond acceptors (Lipinski definition) is 5. The van der Waals surface area contributed by atoms with Crippen LogP contribution in [0, 0.1) is 5.41 Å². The van der Waals surface area contributed by atoms with Gasteiger partial charge in [0.05, 0.1) is 18.8 Å². The Hall–Kier alpha value is -0.980. The Balaban J connectivity index is 1.97. The molecule has 3 N–H and O–H groups in total. The van der Waals surface area contributed by atoms with Crippen LogP contribution in [0.2, 0.25) is 0 Å². The SMILES string of the molecule is CC(C)(C)c1csc(CN2CCOC(C(=N)N)C2)n1. The van der Waals surface area contributed by atoms with E-state index in [1.165, 1.54) is 0 Å². The molecule has 106 valence electrons. The third-order valence-corrected chi connectivity index (χ3v) is 4.01. The van der Waals surface area contributed by atoms with Gasteiger partial charge < -0.3 is 10.5 Å². The van der Waals surface area contributed by atoms with Crippen LogP contribution >= 0.6 is 11.3 Å². The molecule has 0 bridgehead atoms. The Kier molecular flexibility index (Phi) is 4.23. The van der Waals surface area contributed by atoms with Crippen LogP contribution in [0.3, 0.4) is 0 Å². The summed E-state index contributed by atoms with van der Waals surface area (Å²) in [5.41, 5.74) is 6.74. The molecule has 19 heavy (non-hydrogen) atoms. The second-order valence-electron chi connectivity index (χ2n) is 5.93. The predicted molar refractivity (Wildman–Crippen MR) is 77.7 cm³/mol. The van der Waals surface area contributed by atoms with Crippen molar-refractivity contribution in [2.24, 2.45) is 5.73 Å². The van der Waals surface area contributed by atoms with E-state index in [2.05, 4.69) is 31.1 Å². The van der Waals surface area contributed by atoms with Crippen LogP contribution < -0.4 is 5.73 Å². The molecule has 1 unspecified atom stereocenters. The van der Waals surface area contributed by atoms with Crippen LogP contribution in [-0.2, 0) is 16.7 Å². The molecular formula is C13H22N4OS. The average Bonchev–Trinajstić information content (AvgIpc) is 2.77. The fraction of sp³-hybridized carbons (Fsp3) is 0.692. The minimum Gasteiger partial charge on any atom is -0.385 e. The highest BCUT2D eigenvalue weighted by Gasteiger charge is 2.24. The van der Waals surface area contributed by atoms with Gasteiger partial charge in [-0.15, -0.1) is 11.3 Å². The van der Waals surface area contributed by atoms with Crippen LogP contribution in [0.5, 0.6) is 0 Å². The van der Waals surface area contributed by atoms with Gasteiger partial charge in [0.15, 0.2) is 0 Å². The highest BCUT2D eigenvalue weighted by molar-refractivity contribution is 7.09. The van der Waals surface area contributed by atoms with Gasteiger partial charge in [-0.25, -0.2) is 4.98 Å². The van der Waals surface area contributed by atoms with Gasteiger partial charge in [-0.1, -0.05) is 20.8 Å². The van der Waals surface area contributed by atoms with E-state index in [1.807, 2.05) is 0 Å². The maximum absolute atomic E-state index is 7.46. The topological polar surface area (TPSA) is 75.2 Å². The van der Waals surface area contributed by atoms with Crippen molar-refractivity contribution in [3.8, 4) is 0 Å². The van der Waals surface area contributed by atoms with Crippen molar-refractivity contribution in [2.75, 3.05) is 19.7 Å². The molecule has 1 fully saturated rings. The first-order chi connectivity index (χ1) is 8.86. The van der Waals surface area contributed by atoms with Gasteiger partial charge in [0.25, 0.3) is 0 Å². The molecule has 1 aliphatic heterocycles. The molecule has 0 aromatic carbocycles. The van der Waals surface area contributed by atoms with Gasteiger partial charge in [-0.2, -0.15) is 0 Å². The van der Waals surface area contributed by atoms with Crippen LogP contribution in [0.1, 0.15) is 31.5 Å². The standard InChI is InChI=1S/C13H22N4OS/c1-13(2,3)10-8-19-11(16-10)7-17-4-5-18-9(6-17)12(14)15/h8-9H,4-7H2,1-3H3,(H3,14,15). The van der Waals surface area contributed by atoms with E-state index in [-0.39, 0.29) is 17.4 Å². The van der Waals surface area contributed by atoms with E-state index >= 15 is 0 Å². The van der Waals surface area contributed by atoms with E-state index in [4.69, 9.17) is 20.9 Å². The Labute approximate surface area is 118 Å². The number of nitrogens with two attached hydrogens (primary N) is 1. The van der Waals surface area contributed by atoms with Crippen molar-refractivity contribution >= 4 is 17.2 Å². The van der Waals surface area contributed by atoms with Crippen LogP contribution in [-0.4, -0.2) is 41.5 Å². The number of rotatable bonds is 3. The fourth-order valence-electron chi connectivity index (χ4n) is 1.95. The second-order valence-corrected chi connectivity index (χ2v) is 6.87. The smallest absolute Gasteiger partial charge is 0.127 e. The first kappa shape index (κ1) is 14.4. The molecule has 1 saturated heterocycles. The van der Waals surface area contributed by atoms with Gasteiger partial charge >= 0.3 is 0 Å². The number of hydrogen-bond donors (Lipinski definition) is 2. The maximum Gasteiger partial charge on any atom is 0.127 e. The second kappa shape index (κ2) is 5.56. The minimum atomic E-state index is -0.268. The quantitative estimate of drug-likeness (QED) is 0.652. The molecule has 0 amide bonds. The largest absolute Gasteiger partial charge is 0.385 e. The lowest BCUT2D eigenvalue weighted by atomic mass is 9.93. The number of amidine groups is 1. The summed E-state index contributed by atoms with van der Waals surface area (Å²) in [5.74, 6) is 0.110. The summed E-state index contributed by atoms with van der Waals surface area (Å²) in [5, 5.41) is 10.7. The summed E-state index contributed by atoms with van der Waals surface area (Å²) in [7, 11) is 0. The van der Waals surface area contributed by atoms with E-state index in [0.29, 0.717) is 13.2 Å². The molecule has 0 aliphatic carbocycles. The van der Waals surface area contributed by atoms with Gasteiger partial charge in [0.1, 0.15) is 16.9 Å². The Bertz CT molecular complexity index is 452. The molecule has 2 heterocycles. The number of nitrogens with one attached hydrogen (secondary N) is 1. The first-order valence-electron chi connectivity index (χ1n) is 6.49. The number of nitrogens with zero attached hydrogens (tertiary/aromatic N) is 2. The summed E-state index contributed by atoms with van der Waals surface area (Å²) in [6.45, 7) is 9.51. The normalized spacial score (nSPS) is 21.5. The average molecular weight is 282 g/mol. The summed E-state index contributed by atoms with van der Waals surface area (Å²) in [6, 6.07) is 0. The number of aromatic nitrogens is 1. The molecule has 0 saturated carbocycles. The van der Waals surface area contributed by atoms with Crippen molar-refractivity contribution in [1.29, 1.82) is 5.41 Å². The molecule has 1 aromatic rings. The summed E-state index contributed by atoms with van der Waals surface area (Å²) >= 11 is 1.70. The van der Waals surface area contributed by atoms with Crippen molar-refractivity contribution in [2.45, 2.75) is 38.8 Å². The molecule has 2 rings (SSSR count). The van der Waals surface area contributed by atoms with Gasteiger partial charge in [-0.05, 0) is 0 Å². The number of thiazole rings is 1. The van der Waals surface area contributed by atoms with Crippen molar-refractivity contribution < 1.29 is 4.74 Å². The molecule has 5 nitrogen and oxygen atoms in total. The van der Waals surface area contributed by atoms with Crippen LogP contribution in [0.15, 0.2) is 5.38 Å². The summed E-state index contributed by atoms with van der Waals surface area (Å²) in [6.07, 6.45) is -0.268. The van der Waals surface area contributed by atoms with Gasteiger partial charge in [-0.3, -0.25) is 10.3 Å². The monoisotopic (exact) mass is 282 g/mol. The van der Waals surface area contributed by atoms with E-state index in [0.717, 1.165) is 23.8 Å². The van der Waals surface area contributed by atoms with Crippen molar-refractivity contribution in [3.05, 3.63) is 16.1 Å². The van der Waals surface area contributed by atoms with Crippen LogP contribution in [0.4, 0.5) is 0 Å². The Morgan fingerprint density at radius 2 is 2.37 bits per heavy atom. The highest BCUT2D eigenvalue weighted by Crippen LogP contribution is 2.24. The zero-order chi connectivity index (χ0) is 14.0. The molecule has 6 heteroatoms. The van der Waals surface area contributed by atoms with Gasteiger partial charge in [0, 0.05) is 23.9 Å². The molecule has 1 aliphatic rings. The lowest BCUT2D eigenvalue weighted by Crippen LogP contribution is -2.47. The molecule has 0 spiro atoms. The molecule has 0 radical (unpaired) electrons. The number of ether oxygens (including phenoxy) is 1. The third-order valence-electron chi connectivity index (χ3n) is 3.18. The number of morpholine rings is 1. The Morgan fingerprint density at radius 3 is 2.95 bits per heavy atom. The van der Waals surface area contributed by atoms with E-state index < -0.39 is 0 Å². The summed E-state index contributed by atoms with van der Waals surface area (Å²) < 4.78 is 5.46. The highest BCUT2D eigenvalue weighted by atomic mass is 32.1. The minimum absolute atomic E-state index is 0.0989. The molecule has 1 atom stereocenters. The predicted octanol–water partition coefficient (Wildman–Crippen LogP) is 1.58. The third kappa shape index (κ3) is 3.75. The zero-order valence-corrected chi connectivity index (χ0v) is 12.6. The van der Waals surface area contributed by atoms with Gasteiger partial charge in [0.2, 0.25) is 0 Å². The lowest BCUT2D eigenvalue weighted by Gasteiger charge is -2.31. The lowest BCUT2D eigenvalue weighted by molar-refractivity contribution is 0.00232. The zero-order valence-electron chi connectivity index (χ0n) is 11.8. The van der Waals surface area contributed by atoms with E-state index in [1.54, 1.807) is 11.3 Å². The fourth-order valence-corrected chi connectivity index (χ4v) is 3.02. The maximum atomic E-state index is 7.46. The first-order valence-corrected chi connectivity index (χ1v) is 7.37. The van der Waals surface area contributed by atoms with Crippen molar-refractivity contribution in [1.82, 2.24) is 9.88 Å². The van der Waals surface area contributed by atoms with Crippen molar-refractivity contribution in [3.63, 3.8) is 0 Å². The van der Waals surface area contributed by atoms with Crippen LogP contribution in [0.25, 0.3) is 0 Å². The molecular weight excluding hydrogens is 260 g/mol.